The van der Waals surface area contributed by atoms with E-state index in [1.165, 1.54) is 30.5 Å². The predicted octanol–water partition coefficient (Wildman–Crippen LogP) is 2.05. The zero-order valence-corrected chi connectivity index (χ0v) is 16.3. The fraction of sp³-hybridized carbons (Fsp3) is 0.632. The number of hydrogen-bond acceptors (Lipinski definition) is 5. The van der Waals surface area contributed by atoms with Crippen LogP contribution in [0.3, 0.4) is 0 Å². The lowest BCUT2D eigenvalue weighted by atomic mass is 10.1. The highest BCUT2D eigenvalue weighted by Crippen LogP contribution is 2.46. The van der Waals surface area contributed by atoms with Gasteiger partial charge in [0, 0.05) is 44.8 Å². The number of aromatic amines is 1. The van der Waals surface area contributed by atoms with Gasteiger partial charge in [0.2, 0.25) is 5.91 Å². The van der Waals surface area contributed by atoms with E-state index in [1.54, 1.807) is 0 Å². The van der Waals surface area contributed by atoms with Gasteiger partial charge in [0.05, 0.1) is 17.3 Å². The van der Waals surface area contributed by atoms with Gasteiger partial charge in [-0.1, -0.05) is 0 Å². The van der Waals surface area contributed by atoms with Crippen LogP contribution in [0.1, 0.15) is 43.6 Å². The Hall–Kier alpha value is -1.86. The van der Waals surface area contributed by atoms with Crippen molar-refractivity contribution < 1.29 is 4.79 Å². The third-order valence-corrected chi connectivity index (χ3v) is 6.03. The molecule has 2 aromatic rings. The monoisotopic (exact) mass is 390 g/mol. The van der Waals surface area contributed by atoms with Crippen LogP contribution >= 0.6 is 12.4 Å². The Morgan fingerprint density at radius 1 is 1.15 bits per heavy atom. The fourth-order valence-corrected chi connectivity index (χ4v) is 4.40. The molecule has 8 heteroatoms. The lowest BCUT2D eigenvalue weighted by Gasteiger charge is -2.37. The highest BCUT2D eigenvalue weighted by Gasteiger charge is 2.32. The number of H-pyrrole nitrogens is 1. The molecule has 1 amide bonds. The summed E-state index contributed by atoms with van der Waals surface area (Å²) in [4.78, 5) is 21.6. The molecule has 2 N–H and O–H groups in total. The first-order chi connectivity index (χ1) is 12.8. The van der Waals surface area contributed by atoms with Crippen LogP contribution in [0, 0.1) is 0 Å². The molecule has 1 atom stereocenters. The van der Waals surface area contributed by atoms with Crippen LogP contribution in [0.5, 0.6) is 0 Å². The van der Waals surface area contributed by atoms with Crippen molar-refractivity contribution in [1.29, 1.82) is 0 Å². The van der Waals surface area contributed by atoms with Crippen molar-refractivity contribution in [2.24, 2.45) is 0 Å². The summed E-state index contributed by atoms with van der Waals surface area (Å²) < 4.78 is 0. The number of hydrogen-bond donors (Lipinski definition) is 2. The number of aromatic nitrogens is 3. The van der Waals surface area contributed by atoms with Crippen LogP contribution in [0.4, 0.5) is 5.69 Å². The number of pyridine rings is 1. The van der Waals surface area contributed by atoms with E-state index in [0.29, 0.717) is 24.3 Å². The summed E-state index contributed by atoms with van der Waals surface area (Å²) in [6.07, 6.45) is 9.40. The molecule has 0 aromatic carbocycles. The minimum atomic E-state index is 0. The molecule has 7 nitrogen and oxygen atoms in total. The van der Waals surface area contributed by atoms with E-state index >= 15 is 0 Å². The van der Waals surface area contributed by atoms with Gasteiger partial charge in [0.1, 0.15) is 0 Å². The molecule has 2 saturated heterocycles. The third kappa shape index (κ3) is 3.62. The molecule has 3 aliphatic rings. The topological polar surface area (TPSA) is 77.2 Å². The average molecular weight is 391 g/mol. The van der Waals surface area contributed by atoms with Crippen molar-refractivity contribution in [2.75, 3.05) is 37.6 Å². The molecule has 5 rings (SSSR count). The van der Waals surface area contributed by atoms with E-state index in [-0.39, 0.29) is 12.4 Å². The lowest BCUT2D eigenvalue weighted by molar-refractivity contribution is -0.131. The normalized spacial score (nSPS) is 22.9. The molecule has 0 radical (unpaired) electrons. The number of halogens is 1. The Morgan fingerprint density at radius 2 is 1.96 bits per heavy atom. The van der Waals surface area contributed by atoms with Crippen molar-refractivity contribution in [3.8, 4) is 0 Å². The largest absolute Gasteiger partial charge is 0.367 e. The molecule has 0 spiro atoms. The van der Waals surface area contributed by atoms with Crippen LogP contribution in [-0.2, 0) is 4.79 Å². The van der Waals surface area contributed by atoms with Gasteiger partial charge in [-0.25, -0.2) is 4.98 Å². The molecule has 146 valence electrons. The van der Waals surface area contributed by atoms with Crippen molar-refractivity contribution >= 4 is 35.0 Å². The zero-order valence-electron chi connectivity index (χ0n) is 15.5. The second-order valence-corrected chi connectivity index (χ2v) is 7.83. The molecule has 1 unspecified atom stereocenters. The van der Waals surface area contributed by atoms with E-state index in [2.05, 4.69) is 25.4 Å². The number of anilines is 1. The maximum Gasteiger partial charge on any atom is 0.224 e. The molecule has 3 fully saturated rings. The third-order valence-electron chi connectivity index (χ3n) is 6.03. The number of carbonyl (C=O) groups is 1. The number of piperazine rings is 1. The predicted molar refractivity (Wildman–Crippen MR) is 108 cm³/mol. The van der Waals surface area contributed by atoms with E-state index in [1.807, 2.05) is 17.3 Å². The maximum atomic E-state index is 12.6. The molecule has 0 bridgehead atoms. The molecule has 1 aliphatic carbocycles. The summed E-state index contributed by atoms with van der Waals surface area (Å²) in [6.45, 7) is 4.43. The van der Waals surface area contributed by atoms with E-state index < -0.39 is 0 Å². The van der Waals surface area contributed by atoms with Gasteiger partial charge in [0.15, 0.2) is 5.65 Å². The van der Waals surface area contributed by atoms with Crippen molar-refractivity contribution in [3.63, 3.8) is 0 Å². The summed E-state index contributed by atoms with van der Waals surface area (Å²) in [7, 11) is 0. The number of rotatable bonds is 4. The second-order valence-electron chi connectivity index (χ2n) is 7.83. The summed E-state index contributed by atoms with van der Waals surface area (Å²) in [5.74, 6) is 0.944. The highest BCUT2D eigenvalue weighted by atomic mass is 35.5. The van der Waals surface area contributed by atoms with Gasteiger partial charge in [-0.3, -0.25) is 9.89 Å². The Labute approximate surface area is 165 Å². The van der Waals surface area contributed by atoms with E-state index in [9.17, 15) is 4.79 Å². The van der Waals surface area contributed by atoms with Gasteiger partial charge >= 0.3 is 0 Å². The van der Waals surface area contributed by atoms with Crippen molar-refractivity contribution in [1.82, 2.24) is 25.4 Å². The van der Waals surface area contributed by atoms with Gasteiger partial charge in [-0.05, 0) is 43.7 Å². The fourth-order valence-electron chi connectivity index (χ4n) is 4.40. The number of fused-ring (bicyclic) bond motifs is 1. The molecule has 27 heavy (non-hydrogen) atoms. The van der Waals surface area contributed by atoms with Gasteiger partial charge in [0.25, 0.3) is 0 Å². The van der Waals surface area contributed by atoms with Gasteiger partial charge in [-0.15, -0.1) is 12.4 Å². The second kappa shape index (κ2) is 7.64. The molecule has 2 aromatic heterocycles. The molecule has 2 aliphatic heterocycles. The molecular formula is C19H27ClN6O. The Bertz CT molecular complexity index is 806. The van der Waals surface area contributed by atoms with E-state index in [4.69, 9.17) is 0 Å². The smallest absolute Gasteiger partial charge is 0.224 e. The van der Waals surface area contributed by atoms with Crippen LogP contribution in [0.25, 0.3) is 11.0 Å². The van der Waals surface area contributed by atoms with Crippen LogP contribution in [0.2, 0.25) is 0 Å². The number of nitrogens with zero attached hydrogens (tertiary/aromatic N) is 4. The number of amides is 1. The highest BCUT2D eigenvalue weighted by molar-refractivity contribution is 5.91. The first kappa shape index (κ1) is 18.5. The summed E-state index contributed by atoms with van der Waals surface area (Å²) in [6, 6.07) is 0.382. The van der Waals surface area contributed by atoms with Crippen molar-refractivity contribution in [3.05, 3.63) is 18.0 Å². The first-order valence-corrected chi connectivity index (χ1v) is 9.87. The standard InChI is InChI=1S/C19H26N6O.ClH/c26-17(10-14-2-1-5-20-14)24-6-8-25(9-7-24)18-15(13-3-4-13)11-21-19-16(18)12-22-23-19;/h11-14,20H,1-10H2,(H,21,22,23);1H. The minimum Gasteiger partial charge on any atom is -0.367 e. The van der Waals surface area contributed by atoms with Crippen LogP contribution in [-0.4, -0.2) is 64.8 Å². The average Bonchev–Trinajstić information content (AvgIpc) is 3.17. The van der Waals surface area contributed by atoms with Gasteiger partial charge in [-0.2, -0.15) is 5.10 Å². The van der Waals surface area contributed by atoms with Gasteiger partial charge < -0.3 is 15.1 Å². The Kier molecular flexibility index (Phi) is 5.23. The summed E-state index contributed by atoms with van der Waals surface area (Å²) >= 11 is 0. The van der Waals surface area contributed by atoms with Crippen molar-refractivity contribution in [2.45, 2.75) is 44.1 Å². The maximum absolute atomic E-state index is 12.6. The Balaban J connectivity index is 0.00000180. The first-order valence-electron chi connectivity index (χ1n) is 9.87. The molecule has 1 saturated carbocycles. The van der Waals surface area contributed by atoms with E-state index in [0.717, 1.165) is 50.2 Å². The number of nitrogens with one attached hydrogen (secondary N) is 2. The quantitative estimate of drug-likeness (QED) is 0.835. The lowest BCUT2D eigenvalue weighted by Crippen LogP contribution is -2.50. The van der Waals surface area contributed by atoms with Crippen LogP contribution in [0.15, 0.2) is 12.4 Å². The summed E-state index contributed by atoms with van der Waals surface area (Å²) in [5.41, 5.74) is 3.50. The SMILES string of the molecule is Cl.O=C(CC1CCCN1)N1CCN(c2c(C3CC3)cnc3[nH]ncc23)CC1. The number of carbonyl (C=O) groups excluding carboxylic acids is 1. The molecule has 4 heterocycles. The Morgan fingerprint density at radius 3 is 2.67 bits per heavy atom. The molecular weight excluding hydrogens is 364 g/mol. The minimum absolute atomic E-state index is 0. The summed E-state index contributed by atoms with van der Waals surface area (Å²) in [5, 5.41) is 11.7. The zero-order chi connectivity index (χ0) is 17.5. The van der Waals surface area contributed by atoms with Crippen LogP contribution < -0.4 is 10.2 Å².